The summed E-state index contributed by atoms with van der Waals surface area (Å²) in [6, 6.07) is 5.96. The van der Waals surface area contributed by atoms with Crippen molar-refractivity contribution in [1.29, 1.82) is 5.26 Å². The van der Waals surface area contributed by atoms with E-state index in [4.69, 9.17) is 27.3 Å². The molecule has 100 valence electrons. The summed E-state index contributed by atoms with van der Waals surface area (Å²) in [5.41, 5.74) is 6.22. The summed E-state index contributed by atoms with van der Waals surface area (Å²) in [7, 11) is 1.55. The van der Waals surface area contributed by atoms with Gasteiger partial charge in [-0.2, -0.15) is 5.26 Å². The van der Waals surface area contributed by atoms with Crippen LogP contribution < -0.4 is 15.8 Å². The highest BCUT2D eigenvalue weighted by atomic mass is 35.5. The Balaban J connectivity index is 2.01. The smallest absolute Gasteiger partial charge is 0.177 e. The Morgan fingerprint density at radius 3 is 2.84 bits per heavy atom. The van der Waals surface area contributed by atoms with Gasteiger partial charge in [0.1, 0.15) is 21.6 Å². The number of hydrogen-bond acceptors (Lipinski definition) is 6. The van der Waals surface area contributed by atoms with Crippen LogP contribution in [0.1, 0.15) is 9.75 Å². The van der Waals surface area contributed by atoms with Gasteiger partial charge >= 0.3 is 0 Å². The van der Waals surface area contributed by atoms with Crippen molar-refractivity contribution in [3.63, 3.8) is 0 Å². The average Bonchev–Trinajstić information content (AvgIpc) is 2.93. The Hall–Kier alpha value is -1.42. The first-order valence-corrected chi connectivity index (χ1v) is 7.51. The Labute approximate surface area is 124 Å². The third-order valence-corrected chi connectivity index (χ3v) is 4.83. The minimum absolute atomic E-state index is 0.400. The number of nitrogen functional groups attached to an aromatic ring is 1. The molecule has 7 heteroatoms. The lowest BCUT2D eigenvalue weighted by molar-refractivity contribution is 0.420. The molecule has 0 amide bonds. The van der Waals surface area contributed by atoms with E-state index in [0.717, 1.165) is 22.3 Å². The van der Waals surface area contributed by atoms with Gasteiger partial charge in [-0.25, -0.2) is 0 Å². The highest BCUT2D eigenvalue weighted by molar-refractivity contribution is 7.17. The lowest BCUT2D eigenvalue weighted by atomic mass is 10.3. The standard InChI is InChI=1S/C12H12ClN3OS2/c1-17-11-10(15)8(6-14)19-12(11)16-5-4-7-2-3-9(13)18-7/h2-3,16H,4-5,15H2,1H3. The average molecular weight is 314 g/mol. The Kier molecular flexibility index (Phi) is 4.53. The Bertz CT molecular complexity index is 615. The van der Waals surface area contributed by atoms with Gasteiger partial charge in [0, 0.05) is 11.4 Å². The summed E-state index contributed by atoms with van der Waals surface area (Å²) in [5.74, 6) is 0.547. The van der Waals surface area contributed by atoms with Crippen LogP contribution in [-0.2, 0) is 6.42 Å². The molecule has 4 nitrogen and oxygen atoms in total. The number of methoxy groups -OCH3 is 1. The van der Waals surface area contributed by atoms with Crippen LogP contribution in [0, 0.1) is 11.3 Å². The molecule has 0 aliphatic rings. The SMILES string of the molecule is COc1c(NCCc2ccc(Cl)s2)sc(C#N)c1N. The molecule has 3 N–H and O–H groups in total. The Morgan fingerprint density at radius 2 is 2.26 bits per heavy atom. The van der Waals surface area contributed by atoms with Gasteiger partial charge in [-0.1, -0.05) is 11.6 Å². The zero-order chi connectivity index (χ0) is 13.8. The second-order valence-electron chi connectivity index (χ2n) is 3.70. The van der Waals surface area contributed by atoms with Crippen LogP contribution in [0.3, 0.4) is 0 Å². The van der Waals surface area contributed by atoms with E-state index in [-0.39, 0.29) is 0 Å². The molecule has 2 rings (SSSR count). The van der Waals surface area contributed by atoms with Gasteiger partial charge in [-0.05, 0) is 18.6 Å². The molecule has 0 bridgehead atoms. The van der Waals surface area contributed by atoms with Gasteiger partial charge in [0.15, 0.2) is 5.75 Å². The summed E-state index contributed by atoms with van der Waals surface area (Å²) in [4.78, 5) is 1.68. The van der Waals surface area contributed by atoms with Crippen molar-refractivity contribution in [3.8, 4) is 11.8 Å². The van der Waals surface area contributed by atoms with Crippen LogP contribution in [0.2, 0.25) is 4.34 Å². The number of hydrogen-bond donors (Lipinski definition) is 2. The normalized spacial score (nSPS) is 10.2. The molecule has 0 atom stereocenters. The summed E-state index contributed by atoms with van der Waals surface area (Å²) in [6.07, 6.45) is 0.861. The van der Waals surface area contributed by atoms with Crippen molar-refractivity contribution in [3.05, 3.63) is 26.2 Å². The van der Waals surface area contributed by atoms with E-state index in [1.807, 2.05) is 12.1 Å². The molecule has 0 saturated carbocycles. The minimum Gasteiger partial charge on any atom is -0.492 e. The van der Waals surface area contributed by atoms with E-state index in [1.54, 1.807) is 18.4 Å². The quantitative estimate of drug-likeness (QED) is 0.885. The molecule has 19 heavy (non-hydrogen) atoms. The highest BCUT2D eigenvalue weighted by Crippen LogP contribution is 2.41. The van der Waals surface area contributed by atoms with Crippen molar-refractivity contribution in [1.82, 2.24) is 0 Å². The maximum Gasteiger partial charge on any atom is 0.177 e. The highest BCUT2D eigenvalue weighted by Gasteiger charge is 2.16. The molecule has 2 heterocycles. The summed E-state index contributed by atoms with van der Waals surface area (Å²) in [6.45, 7) is 0.734. The number of nitrogens with one attached hydrogen (secondary N) is 1. The first-order chi connectivity index (χ1) is 9.15. The summed E-state index contributed by atoms with van der Waals surface area (Å²) < 4.78 is 6.01. The van der Waals surface area contributed by atoms with Gasteiger partial charge in [0.05, 0.1) is 11.4 Å². The van der Waals surface area contributed by atoms with Crippen molar-refractivity contribution in [2.75, 3.05) is 24.7 Å². The first-order valence-electron chi connectivity index (χ1n) is 5.50. The number of nitrogens with two attached hydrogens (primary N) is 1. The van der Waals surface area contributed by atoms with E-state index in [0.29, 0.717) is 16.3 Å². The summed E-state index contributed by atoms with van der Waals surface area (Å²) >= 11 is 8.75. The summed E-state index contributed by atoms with van der Waals surface area (Å²) in [5, 5.41) is 13.0. The molecule has 0 aliphatic carbocycles. The van der Waals surface area contributed by atoms with Gasteiger partial charge in [0.25, 0.3) is 0 Å². The van der Waals surface area contributed by atoms with Gasteiger partial charge in [-0.15, -0.1) is 22.7 Å². The van der Waals surface area contributed by atoms with Crippen molar-refractivity contribution in [2.45, 2.75) is 6.42 Å². The molecule has 0 radical (unpaired) electrons. The van der Waals surface area contributed by atoms with E-state index >= 15 is 0 Å². The van der Waals surface area contributed by atoms with Crippen LogP contribution in [0.5, 0.6) is 5.75 Å². The van der Waals surface area contributed by atoms with Crippen LogP contribution in [0.15, 0.2) is 12.1 Å². The molecule has 0 saturated heterocycles. The zero-order valence-corrected chi connectivity index (χ0v) is 12.6. The third-order valence-electron chi connectivity index (χ3n) is 2.49. The molecule has 0 fully saturated rings. The number of ether oxygens (including phenoxy) is 1. The first kappa shape index (κ1) is 14.0. The van der Waals surface area contributed by atoms with Crippen molar-refractivity contribution in [2.24, 2.45) is 0 Å². The van der Waals surface area contributed by atoms with E-state index < -0.39 is 0 Å². The molecule has 0 aromatic carbocycles. The van der Waals surface area contributed by atoms with Crippen LogP contribution in [0.25, 0.3) is 0 Å². The number of halogens is 1. The predicted molar refractivity (Wildman–Crippen MR) is 81.5 cm³/mol. The van der Waals surface area contributed by atoms with Gasteiger partial charge < -0.3 is 15.8 Å². The van der Waals surface area contributed by atoms with Crippen LogP contribution >= 0.6 is 34.3 Å². The Morgan fingerprint density at radius 1 is 1.47 bits per heavy atom. The number of nitrogens with zero attached hydrogens (tertiary/aromatic N) is 1. The third kappa shape index (κ3) is 3.13. The van der Waals surface area contributed by atoms with E-state index in [2.05, 4.69) is 11.4 Å². The largest absolute Gasteiger partial charge is 0.492 e. The maximum atomic E-state index is 8.94. The second-order valence-corrected chi connectivity index (χ2v) is 6.52. The zero-order valence-electron chi connectivity index (χ0n) is 10.2. The van der Waals surface area contributed by atoms with Gasteiger partial charge in [0.2, 0.25) is 0 Å². The minimum atomic E-state index is 0.400. The maximum absolute atomic E-state index is 8.94. The van der Waals surface area contributed by atoms with Crippen molar-refractivity contribution < 1.29 is 4.74 Å². The molecule has 0 unspecified atom stereocenters. The van der Waals surface area contributed by atoms with Crippen LogP contribution in [0.4, 0.5) is 10.7 Å². The van der Waals surface area contributed by atoms with Crippen LogP contribution in [-0.4, -0.2) is 13.7 Å². The number of anilines is 2. The van der Waals surface area contributed by atoms with Gasteiger partial charge in [-0.3, -0.25) is 0 Å². The monoisotopic (exact) mass is 313 g/mol. The fraction of sp³-hybridized carbons (Fsp3) is 0.250. The fourth-order valence-electron chi connectivity index (χ4n) is 1.62. The lowest BCUT2D eigenvalue weighted by Gasteiger charge is -2.05. The van der Waals surface area contributed by atoms with E-state index in [1.165, 1.54) is 16.2 Å². The molecule has 2 aromatic heterocycles. The molecular weight excluding hydrogens is 302 g/mol. The molecular formula is C12H12ClN3OS2. The number of rotatable bonds is 5. The number of thiophene rings is 2. The van der Waals surface area contributed by atoms with Crippen molar-refractivity contribution >= 4 is 45.0 Å². The topological polar surface area (TPSA) is 71.1 Å². The molecule has 0 aliphatic heterocycles. The fourth-order valence-corrected chi connectivity index (χ4v) is 3.62. The molecule has 0 spiro atoms. The predicted octanol–water partition coefficient (Wildman–Crippen LogP) is 3.58. The second kappa shape index (κ2) is 6.15. The lowest BCUT2D eigenvalue weighted by Crippen LogP contribution is -2.03. The molecule has 2 aromatic rings. The van der Waals surface area contributed by atoms with E-state index in [9.17, 15) is 0 Å². The number of nitriles is 1.